The van der Waals surface area contributed by atoms with E-state index in [9.17, 15) is 0 Å². The van der Waals surface area contributed by atoms with Gasteiger partial charge in [0.25, 0.3) is 0 Å². The Morgan fingerprint density at radius 1 is 0.739 bits per heavy atom. The standard InChI is InChI=1S/C20H13NOS/c1-2-6-13(7-3-1)21-14-10-11-16-18(12-14)23-20-15-8-4-5-9-17(15)22-19(16)20/h1-12,21H. The molecule has 1 N–H and O–H groups in total. The van der Waals surface area contributed by atoms with Gasteiger partial charge in [-0.15, -0.1) is 11.3 Å². The van der Waals surface area contributed by atoms with E-state index in [0.29, 0.717) is 0 Å². The Bertz CT molecular complexity index is 1140. The molecule has 23 heavy (non-hydrogen) atoms. The number of rotatable bonds is 2. The van der Waals surface area contributed by atoms with Crippen LogP contribution in [0.25, 0.3) is 31.3 Å². The van der Waals surface area contributed by atoms with Gasteiger partial charge in [0.15, 0.2) is 5.58 Å². The zero-order chi connectivity index (χ0) is 15.2. The topological polar surface area (TPSA) is 25.2 Å². The predicted molar refractivity (Wildman–Crippen MR) is 98.8 cm³/mol. The van der Waals surface area contributed by atoms with Crippen LogP contribution in [0.2, 0.25) is 0 Å². The maximum Gasteiger partial charge on any atom is 0.154 e. The summed E-state index contributed by atoms with van der Waals surface area (Å²) in [7, 11) is 0. The van der Waals surface area contributed by atoms with Gasteiger partial charge in [-0.1, -0.05) is 30.3 Å². The normalized spacial score (nSPS) is 11.5. The van der Waals surface area contributed by atoms with Crippen LogP contribution in [-0.2, 0) is 0 Å². The number of hydrogen-bond acceptors (Lipinski definition) is 3. The summed E-state index contributed by atoms with van der Waals surface area (Å²) in [6.45, 7) is 0. The Morgan fingerprint density at radius 2 is 1.57 bits per heavy atom. The van der Waals surface area contributed by atoms with Crippen LogP contribution >= 0.6 is 11.3 Å². The summed E-state index contributed by atoms with van der Waals surface area (Å²) < 4.78 is 8.52. The van der Waals surface area contributed by atoms with Gasteiger partial charge in [0.2, 0.25) is 0 Å². The fraction of sp³-hybridized carbons (Fsp3) is 0. The molecular weight excluding hydrogens is 302 g/mol. The maximum absolute atomic E-state index is 6.05. The quantitative estimate of drug-likeness (QED) is 0.400. The summed E-state index contributed by atoms with van der Waals surface area (Å²) in [6.07, 6.45) is 0. The lowest BCUT2D eigenvalue weighted by atomic mass is 10.2. The average molecular weight is 315 g/mol. The number of thiophene rings is 1. The van der Waals surface area contributed by atoms with Crippen LogP contribution < -0.4 is 5.32 Å². The lowest BCUT2D eigenvalue weighted by molar-refractivity contribution is 0.673. The van der Waals surface area contributed by atoms with E-state index in [0.717, 1.165) is 22.5 Å². The second-order valence-electron chi connectivity index (χ2n) is 5.56. The van der Waals surface area contributed by atoms with Crippen LogP contribution in [0.1, 0.15) is 0 Å². The molecular formula is C20H13NOS. The minimum Gasteiger partial charge on any atom is -0.454 e. The van der Waals surface area contributed by atoms with Crippen molar-refractivity contribution in [1.29, 1.82) is 0 Å². The molecule has 0 spiro atoms. The van der Waals surface area contributed by atoms with E-state index < -0.39 is 0 Å². The molecule has 2 aromatic heterocycles. The third kappa shape index (κ3) is 2.01. The molecule has 0 amide bonds. The molecule has 0 aliphatic carbocycles. The average Bonchev–Trinajstić information content (AvgIpc) is 3.11. The third-order valence-electron chi connectivity index (χ3n) is 4.05. The highest BCUT2D eigenvalue weighted by Gasteiger charge is 2.13. The Balaban J connectivity index is 1.67. The van der Waals surface area contributed by atoms with Crippen molar-refractivity contribution in [3.05, 3.63) is 72.8 Å². The smallest absolute Gasteiger partial charge is 0.154 e. The molecule has 5 aromatic rings. The molecule has 3 aromatic carbocycles. The Labute approximate surface area is 137 Å². The van der Waals surface area contributed by atoms with Gasteiger partial charge in [0, 0.05) is 26.8 Å². The number of benzene rings is 3. The summed E-state index contributed by atoms with van der Waals surface area (Å²) in [5.74, 6) is 0. The second kappa shape index (κ2) is 4.86. The van der Waals surface area contributed by atoms with Gasteiger partial charge in [-0.05, 0) is 42.5 Å². The van der Waals surface area contributed by atoms with Crippen LogP contribution in [0.4, 0.5) is 11.4 Å². The van der Waals surface area contributed by atoms with E-state index in [1.54, 1.807) is 11.3 Å². The molecule has 3 heteroatoms. The minimum atomic E-state index is 0.960. The first kappa shape index (κ1) is 12.7. The largest absolute Gasteiger partial charge is 0.454 e. The maximum atomic E-state index is 6.05. The zero-order valence-corrected chi connectivity index (χ0v) is 13.1. The van der Waals surface area contributed by atoms with E-state index >= 15 is 0 Å². The van der Waals surface area contributed by atoms with Crippen molar-refractivity contribution in [1.82, 2.24) is 0 Å². The Hall–Kier alpha value is -2.78. The van der Waals surface area contributed by atoms with Crippen molar-refractivity contribution >= 4 is 54.0 Å². The number of furan rings is 1. The van der Waals surface area contributed by atoms with E-state index in [1.807, 2.05) is 30.3 Å². The van der Waals surface area contributed by atoms with Gasteiger partial charge in [0.1, 0.15) is 5.58 Å². The van der Waals surface area contributed by atoms with Crippen LogP contribution in [0.15, 0.2) is 77.2 Å². The van der Waals surface area contributed by atoms with Gasteiger partial charge in [0.05, 0.1) is 4.70 Å². The van der Waals surface area contributed by atoms with Crippen molar-refractivity contribution in [2.75, 3.05) is 5.32 Å². The lowest BCUT2D eigenvalue weighted by Crippen LogP contribution is -1.88. The Kier molecular flexibility index (Phi) is 2.69. The zero-order valence-electron chi connectivity index (χ0n) is 12.2. The molecule has 2 heterocycles. The first-order valence-electron chi connectivity index (χ1n) is 7.54. The van der Waals surface area contributed by atoms with Gasteiger partial charge in [-0.3, -0.25) is 0 Å². The highest BCUT2D eigenvalue weighted by molar-refractivity contribution is 7.26. The molecule has 0 atom stereocenters. The first-order valence-corrected chi connectivity index (χ1v) is 8.36. The molecule has 0 bridgehead atoms. The van der Waals surface area contributed by atoms with E-state index in [4.69, 9.17) is 4.42 Å². The molecule has 5 rings (SSSR count). The summed E-state index contributed by atoms with van der Waals surface area (Å²) in [5, 5.41) is 5.82. The monoisotopic (exact) mass is 315 g/mol. The molecule has 0 radical (unpaired) electrons. The van der Waals surface area contributed by atoms with E-state index in [-0.39, 0.29) is 0 Å². The van der Waals surface area contributed by atoms with Gasteiger partial charge in [-0.2, -0.15) is 0 Å². The molecule has 0 aliphatic rings. The van der Waals surface area contributed by atoms with Crippen LogP contribution in [0, 0.1) is 0 Å². The fourth-order valence-corrected chi connectivity index (χ4v) is 4.17. The molecule has 0 fully saturated rings. The molecule has 110 valence electrons. The van der Waals surface area contributed by atoms with Crippen molar-refractivity contribution in [2.45, 2.75) is 0 Å². The summed E-state index contributed by atoms with van der Waals surface area (Å²) in [6, 6.07) is 24.9. The minimum absolute atomic E-state index is 0.960. The van der Waals surface area contributed by atoms with Crippen molar-refractivity contribution in [3.63, 3.8) is 0 Å². The SMILES string of the molecule is c1ccc(Nc2ccc3c(c2)sc2c4ccccc4oc32)cc1. The summed E-state index contributed by atoms with van der Waals surface area (Å²) in [5.41, 5.74) is 4.15. The van der Waals surface area contributed by atoms with Crippen molar-refractivity contribution < 1.29 is 4.42 Å². The van der Waals surface area contributed by atoms with Gasteiger partial charge in [-0.25, -0.2) is 0 Å². The highest BCUT2D eigenvalue weighted by Crippen LogP contribution is 2.41. The number of fused-ring (bicyclic) bond motifs is 5. The number of nitrogens with one attached hydrogen (secondary N) is 1. The first-order chi connectivity index (χ1) is 11.4. The highest BCUT2D eigenvalue weighted by atomic mass is 32.1. The van der Waals surface area contributed by atoms with E-state index in [1.165, 1.54) is 20.2 Å². The van der Waals surface area contributed by atoms with Crippen molar-refractivity contribution in [3.8, 4) is 0 Å². The van der Waals surface area contributed by atoms with Crippen LogP contribution in [0.5, 0.6) is 0 Å². The van der Waals surface area contributed by atoms with E-state index in [2.05, 4.69) is 47.8 Å². The third-order valence-corrected chi connectivity index (χ3v) is 5.22. The molecule has 2 nitrogen and oxygen atoms in total. The number of hydrogen-bond donors (Lipinski definition) is 1. The summed E-state index contributed by atoms with van der Waals surface area (Å²) >= 11 is 1.79. The number of para-hydroxylation sites is 2. The predicted octanol–water partition coefficient (Wildman–Crippen LogP) is 6.54. The van der Waals surface area contributed by atoms with Gasteiger partial charge >= 0.3 is 0 Å². The molecule has 0 unspecified atom stereocenters. The Morgan fingerprint density at radius 3 is 2.48 bits per heavy atom. The number of anilines is 2. The fourth-order valence-electron chi connectivity index (χ4n) is 2.97. The molecule has 0 saturated carbocycles. The molecule has 0 aliphatic heterocycles. The van der Waals surface area contributed by atoms with Crippen LogP contribution in [-0.4, -0.2) is 0 Å². The second-order valence-corrected chi connectivity index (χ2v) is 6.61. The lowest BCUT2D eigenvalue weighted by Gasteiger charge is -2.05. The molecule has 0 saturated heterocycles. The van der Waals surface area contributed by atoms with Crippen molar-refractivity contribution in [2.24, 2.45) is 0 Å². The van der Waals surface area contributed by atoms with Crippen LogP contribution in [0.3, 0.4) is 0 Å². The van der Waals surface area contributed by atoms with Gasteiger partial charge < -0.3 is 9.73 Å². The summed E-state index contributed by atoms with van der Waals surface area (Å²) in [4.78, 5) is 0.